The van der Waals surface area contributed by atoms with Crippen LogP contribution in [0.5, 0.6) is 0 Å². The molecule has 3 N–H and O–H groups in total. The molecule has 1 saturated carbocycles. The van der Waals surface area contributed by atoms with Crippen LogP contribution in [0.4, 0.5) is 24.5 Å². The second kappa shape index (κ2) is 13.2. The van der Waals surface area contributed by atoms with Crippen LogP contribution in [-0.2, 0) is 4.79 Å². The molecule has 1 aliphatic heterocycles. The second-order valence-corrected chi connectivity index (χ2v) is 12.7. The highest BCUT2D eigenvalue weighted by Gasteiger charge is 2.42. The van der Waals surface area contributed by atoms with Gasteiger partial charge in [0.25, 0.3) is 5.91 Å². The standard InChI is InChI=1S/C33H43F3N6O2/c1-5-20(2)29-32(44)40-26-12-11-24(37-14-7-15-41(3)4)18-25(26)30-39-27-17-22(10-13-28(27)42(29)30)31(43)38-19-21-8-6-9-23(16-21)33(34,35)36/h10-13,17-18,20-21,23,29,37H,5-9,14-16,19H2,1-4H3,(H,38,43)(H,40,44)/t20-,21-,23?,29?/m0/s1. The van der Waals surface area contributed by atoms with Crippen molar-refractivity contribution < 1.29 is 22.8 Å². The van der Waals surface area contributed by atoms with Gasteiger partial charge in [-0.1, -0.05) is 26.7 Å². The summed E-state index contributed by atoms with van der Waals surface area (Å²) in [7, 11) is 4.09. The minimum atomic E-state index is -4.20. The molecule has 1 aliphatic carbocycles. The van der Waals surface area contributed by atoms with Crippen LogP contribution in [0, 0.1) is 17.8 Å². The summed E-state index contributed by atoms with van der Waals surface area (Å²) < 4.78 is 41.8. The van der Waals surface area contributed by atoms with Crippen molar-refractivity contribution in [3.63, 3.8) is 0 Å². The van der Waals surface area contributed by atoms with Gasteiger partial charge in [0, 0.05) is 29.9 Å². The van der Waals surface area contributed by atoms with Crippen molar-refractivity contribution in [1.82, 2.24) is 19.8 Å². The minimum Gasteiger partial charge on any atom is -0.385 e. The Bertz CT molecular complexity index is 1500. The van der Waals surface area contributed by atoms with Crippen molar-refractivity contribution in [2.45, 2.75) is 64.6 Å². The number of amides is 2. The van der Waals surface area contributed by atoms with Crippen LogP contribution in [-0.4, -0.2) is 66.2 Å². The number of alkyl halides is 3. The Morgan fingerprint density at radius 1 is 1.18 bits per heavy atom. The van der Waals surface area contributed by atoms with E-state index in [0.717, 1.165) is 42.7 Å². The van der Waals surface area contributed by atoms with E-state index in [1.165, 1.54) is 0 Å². The van der Waals surface area contributed by atoms with Crippen LogP contribution in [0.15, 0.2) is 36.4 Å². The summed E-state index contributed by atoms with van der Waals surface area (Å²) in [5, 5.41) is 9.45. The SMILES string of the molecule is CC[C@H](C)C1C(=O)Nc2ccc(NCCCN(C)C)cc2-c2nc3cc(C(=O)NC[C@H]4CCCC(C(F)(F)F)C4)ccc3n21. The van der Waals surface area contributed by atoms with Crippen LogP contribution in [0.1, 0.15) is 68.8 Å². The molecule has 44 heavy (non-hydrogen) atoms. The van der Waals surface area contributed by atoms with Gasteiger partial charge in [-0.25, -0.2) is 4.98 Å². The molecule has 0 spiro atoms. The summed E-state index contributed by atoms with van der Waals surface area (Å²) in [5.74, 6) is -1.30. The van der Waals surface area contributed by atoms with Gasteiger partial charge in [-0.3, -0.25) is 9.59 Å². The van der Waals surface area contributed by atoms with E-state index in [2.05, 4.69) is 27.8 Å². The first-order valence-corrected chi connectivity index (χ1v) is 15.7. The Hall–Kier alpha value is -3.60. The van der Waals surface area contributed by atoms with Gasteiger partial charge in [-0.15, -0.1) is 0 Å². The zero-order valence-electron chi connectivity index (χ0n) is 25.9. The van der Waals surface area contributed by atoms with Crippen molar-refractivity contribution >= 4 is 34.2 Å². The molecular weight excluding hydrogens is 569 g/mol. The van der Waals surface area contributed by atoms with Crippen LogP contribution < -0.4 is 16.0 Å². The molecule has 0 bridgehead atoms. The Morgan fingerprint density at radius 3 is 2.70 bits per heavy atom. The monoisotopic (exact) mass is 612 g/mol. The molecule has 1 aromatic heterocycles. The number of nitrogens with zero attached hydrogens (tertiary/aromatic N) is 3. The molecule has 8 nitrogen and oxygen atoms in total. The first-order valence-electron chi connectivity index (χ1n) is 15.7. The topological polar surface area (TPSA) is 91.3 Å². The number of carbonyl (C=O) groups excluding carboxylic acids is 2. The predicted molar refractivity (Wildman–Crippen MR) is 168 cm³/mol. The molecule has 0 radical (unpaired) electrons. The number of anilines is 2. The molecule has 2 unspecified atom stereocenters. The fraction of sp³-hybridized carbons (Fsp3) is 0.545. The zero-order valence-corrected chi connectivity index (χ0v) is 25.9. The van der Waals surface area contributed by atoms with E-state index in [1.807, 2.05) is 49.9 Å². The van der Waals surface area contributed by atoms with Crippen LogP contribution >= 0.6 is 0 Å². The van der Waals surface area contributed by atoms with E-state index < -0.39 is 18.1 Å². The largest absolute Gasteiger partial charge is 0.391 e. The maximum absolute atomic E-state index is 13.6. The van der Waals surface area contributed by atoms with Gasteiger partial charge >= 0.3 is 6.18 Å². The maximum Gasteiger partial charge on any atom is 0.391 e. The Kier molecular flexibility index (Phi) is 9.53. The van der Waals surface area contributed by atoms with E-state index in [4.69, 9.17) is 4.98 Å². The highest BCUT2D eigenvalue weighted by atomic mass is 19.4. The molecule has 2 amide bonds. The Morgan fingerprint density at radius 2 is 1.98 bits per heavy atom. The summed E-state index contributed by atoms with van der Waals surface area (Å²) in [6.07, 6.45) is -1.06. The lowest BCUT2D eigenvalue weighted by Crippen LogP contribution is -2.35. The number of fused-ring (bicyclic) bond motifs is 5. The molecule has 1 fully saturated rings. The molecule has 4 atom stereocenters. The van der Waals surface area contributed by atoms with Crippen LogP contribution in [0.3, 0.4) is 0 Å². The molecule has 0 saturated heterocycles. The number of rotatable bonds is 10. The van der Waals surface area contributed by atoms with Gasteiger partial charge in [-0.05, 0) is 94.6 Å². The van der Waals surface area contributed by atoms with Gasteiger partial charge in [0.15, 0.2) is 0 Å². The van der Waals surface area contributed by atoms with E-state index >= 15 is 0 Å². The smallest absolute Gasteiger partial charge is 0.385 e. The van der Waals surface area contributed by atoms with Crippen molar-refractivity contribution in [3.05, 3.63) is 42.0 Å². The first-order chi connectivity index (χ1) is 21.0. The fourth-order valence-electron chi connectivity index (χ4n) is 6.46. The average Bonchev–Trinajstić information content (AvgIpc) is 3.30. The molecule has 5 rings (SSSR count). The molecule has 3 aromatic rings. The molecule has 238 valence electrons. The van der Waals surface area contributed by atoms with E-state index in [0.29, 0.717) is 35.4 Å². The number of aromatic nitrogens is 2. The summed E-state index contributed by atoms with van der Waals surface area (Å²) in [6.45, 7) is 6.06. The normalized spacial score (nSPS) is 20.9. The number of carbonyl (C=O) groups is 2. The third kappa shape index (κ3) is 6.87. The summed E-state index contributed by atoms with van der Waals surface area (Å²) in [4.78, 5) is 33.9. The van der Waals surface area contributed by atoms with Gasteiger partial charge in [-0.2, -0.15) is 13.2 Å². The summed E-state index contributed by atoms with van der Waals surface area (Å²) >= 11 is 0. The lowest BCUT2D eigenvalue weighted by atomic mass is 9.81. The van der Waals surface area contributed by atoms with E-state index in [1.54, 1.807) is 12.1 Å². The Labute approximate surface area is 256 Å². The maximum atomic E-state index is 13.6. The van der Waals surface area contributed by atoms with Crippen molar-refractivity contribution in [2.24, 2.45) is 17.8 Å². The number of benzene rings is 2. The Balaban J connectivity index is 1.43. The number of imidazole rings is 1. The highest BCUT2D eigenvalue weighted by Crippen LogP contribution is 2.41. The van der Waals surface area contributed by atoms with Gasteiger partial charge in [0.2, 0.25) is 5.91 Å². The minimum absolute atomic E-state index is 0.0167. The summed E-state index contributed by atoms with van der Waals surface area (Å²) in [5.41, 5.74) is 4.11. The van der Waals surface area contributed by atoms with Gasteiger partial charge in [0.05, 0.1) is 22.6 Å². The average molecular weight is 613 g/mol. The quantitative estimate of drug-likeness (QED) is 0.222. The first kappa shape index (κ1) is 31.8. The zero-order chi connectivity index (χ0) is 31.6. The molecule has 2 heterocycles. The van der Waals surface area contributed by atoms with Gasteiger partial charge < -0.3 is 25.4 Å². The number of nitrogens with one attached hydrogen (secondary N) is 3. The molecule has 2 aromatic carbocycles. The predicted octanol–water partition coefficient (Wildman–Crippen LogP) is 6.70. The van der Waals surface area contributed by atoms with E-state index in [-0.39, 0.29) is 43.0 Å². The summed E-state index contributed by atoms with van der Waals surface area (Å²) in [6, 6.07) is 10.6. The van der Waals surface area contributed by atoms with Crippen molar-refractivity contribution in [1.29, 1.82) is 0 Å². The number of halogens is 3. The third-order valence-electron chi connectivity index (χ3n) is 9.11. The highest BCUT2D eigenvalue weighted by molar-refractivity contribution is 6.03. The molecule has 2 aliphatic rings. The fourth-order valence-corrected chi connectivity index (χ4v) is 6.46. The van der Waals surface area contributed by atoms with Crippen molar-refractivity contribution in [2.75, 3.05) is 44.4 Å². The third-order valence-corrected chi connectivity index (χ3v) is 9.11. The van der Waals surface area contributed by atoms with Crippen LogP contribution in [0.25, 0.3) is 22.4 Å². The number of hydrogen-bond acceptors (Lipinski definition) is 5. The number of hydrogen-bond donors (Lipinski definition) is 3. The van der Waals surface area contributed by atoms with Crippen LogP contribution in [0.2, 0.25) is 0 Å². The lowest BCUT2D eigenvalue weighted by molar-refractivity contribution is -0.185. The van der Waals surface area contributed by atoms with E-state index in [9.17, 15) is 22.8 Å². The second-order valence-electron chi connectivity index (χ2n) is 12.7. The lowest BCUT2D eigenvalue weighted by Gasteiger charge is -2.30. The molecule has 11 heteroatoms. The van der Waals surface area contributed by atoms with Gasteiger partial charge in [0.1, 0.15) is 11.9 Å². The van der Waals surface area contributed by atoms with Crippen molar-refractivity contribution in [3.8, 4) is 11.4 Å². The molecular formula is C33H43F3N6O2.